The normalized spacial score (nSPS) is 10.7. The van der Waals surface area contributed by atoms with Gasteiger partial charge in [0.15, 0.2) is 0 Å². The molecule has 1 aromatic carbocycles. The van der Waals surface area contributed by atoms with Gasteiger partial charge >= 0.3 is 0 Å². The fourth-order valence-electron chi connectivity index (χ4n) is 1.63. The minimum absolute atomic E-state index is 0.0264. The maximum atomic E-state index is 13.9. The van der Waals surface area contributed by atoms with Crippen LogP contribution >= 0.6 is 27.5 Å². The highest BCUT2D eigenvalue weighted by atomic mass is 79.9. The number of aromatic nitrogens is 2. The number of benzene rings is 1. The predicted molar refractivity (Wildman–Crippen MR) is 70.4 cm³/mol. The van der Waals surface area contributed by atoms with Gasteiger partial charge in [-0.1, -0.05) is 17.7 Å². The summed E-state index contributed by atoms with van der Waals surface area (Å²) >= 11 is 8.97. The number of hydrogen-bond donors (Lipinski definition) is 0. The number of nitrogens with zero attached hydrogens (tertiary/aromatic N) is 2. The Labute approximate surface area is 117 Å². The van der Waals surface area contributed by atoms with Crippen molar-refractivity contribution in [3.63, 3.8) is 0 Å². The van der Waals surface area contributed by atoms with Gasteiger partial charge in [0.05, 0.1) is 21.3 Å². The van der Waals surface area contributed by atoms with Gasteiger partial charge in [-0.3, -0.25) is 9.48 Å². The van der Waals surface area contributed by atoms with Gasteiger partial charge in [0.2, 0.25) is 5.78 Å². The second-order valence-electron chi connectivity index (χ2n) is 3.59. The van der Waals surface area contributed by atoms with Crippen molar-refractivity contribution in [3.8, 4) is 0 Å². The third-order valence-electron chi connectivity index (χ3n) is 2.51. The fourth-order valence-corrected chi connectivity index (χ4v) is 2.23. The Kier molecular flexibility index (Phi) is 3.82. The summed E-state index contributed by atoms with van der Waals surface area (Å²) in [5.74, 6) is -1.07. The first-order chi connectivity index (χ1) is 8.56. The summed E-state index contributed by atoms with van der Waals surface area (Å²) in [5, 5.41) is 4.19. The van der Waals surface area contributed by atoms with E-state index in [1.54, 1.807) is 6.07 Å². The molecule has 0 radical (unpaired) electrons. The van der Waals surface area contributed by atoms with Crippen LogP contribution in [0.3, 0.4) is 0 Å². The molecule has 0 bridgehead atoms. The summed E-state index contributed by atoms with van der Waals surface area (Å²) in [4.78, 5) is 12.3. The van der Waals surface area contributed by atoms with Crippen LogP contribution in [0, 0.1) is 5.82 Å². The second-order valence-corrected chi connectivity index (χ2v) is 4.85. The Morgan fingerprint density at radius 2 is 2.28 bits per heavy atom. The molecule has 0 amide bonds. The maximum absolute atomic E-state index is 13.9. The first kappa shape index (κ1) is 13.2. The largest absolute Gasteiger partial charge is 0.287 e. The molecule has 94 valence electrons. The van der Waals surface area contributed by atoms with Crippen LogP contribution in [-0.2, 0) is 6.54 Å². The molecular weight excluding hydrogens is 322 g/mol. The molecule has 1 heterocycles. The first-order valence-corrected chi connectivity index (χ1v) is 6.43. The van der Waals surface area contributed by atoms with Crippen molar-refractivity contribution in [1.82, 2.24) is 9.78 Å². The van der Waals surface area contributed by atoms with Crippen molar-refractivity contribution in [3.05, 3.63) is 51.0 Å². The Hall–Kier alpha value is -1.20. The van der Waals surface area contributed by atoms with Gasteiger partial charge in [-0.25, -0.2) is 4.39 Å². The standard InChI is InChI=1S/C12H9BrClFN2O/c1-2-17-11(9(14)6-16-17)12(18)7-4-3-5-8(13)10(7)15/h3-6H,2H2,1H3. The van der Waals surface area contributed by atoms with Gasteiger partial charge < -0.3 is 0 Å². The quantitative estimate of drug-likeness (QED) is 0.804. The number of hydrogen-bond acceptors (Lipinski definition) is 2. The summed E-state index contributed by atoms with van der Waals surface area (Å²) < 4.78 is 15.6. The average Bonchev–Trinajstić information content (AvgIpc) is 2.73. The van der Waals surface area contributed by atoms with Crippen LogP contribution < -0.4 is 0 Å². The summed E-state index contributed by atoms with van der Waals surface area (Å²) in [5.41, 5.74) is 0.178. The molecule has 2 aromatic rings. The molecule has 0 aliphatic carbocycles. The summed E-state index contributed by atoms with van der Waals surface area (Å²) in [6, 6.07) is 4.55. The zero-order valence-corrected chi connectivity index (χ0v) is 11.8. The van der Waals surface area contributed by atoms with E-state index in [0.717, 1.165) is 0 Å². The Balaban J connectivity index is 2.55. The molecule has 6 heteroatoms. The van der Waals surface area contributed by atoms with E-state index in [4.69, 9.17) is 11.6 Å². The van der Waals surface area contributed by atoms with Crippen molar-refractivity contribution in [2.45, 2.75) is 13.5 Å². The van der Waals surface area contributed by atoms with E-state index in [2.05, 4.69) is 21.0 Å². The molecule has 3 nitrogen and oxygen atoms in total. The average molecular weight is 332 g/mol. The summed E-state index contributed by atoms with van der Waals surface area (Å²) in [6.45, 7) is 2.32. The Morgan fingerprint density at radius 1 is 1.56 bits per heavy atom. The van der Waals surface area contributed by atoms with Gasteiger partial charge in [0.25, 0.3) is 0 Å². The lowest BCUT2D eigenvalue weighted by Gasteiger charge is -2.06. The summed E-state index contributed by atoms with van der Waals surface area (Å²) in [6.07, 6.45) is 1.38. The van der Waals surface area contributed by atoms with Crippen LogP contribution in [0.5, 0.6) is 0 Å². The van der Waals surface area contributed by atoms with E-state index < -0.39 is 11.6 Å². The van der Waals surface area contributed by atoms with Gasteiger partial charge in [-0.05, 0) is 35.0 Å². The van der Waals surface area contributed by atoms with Crippen molar-refractivity contribution in [2.75, 3.05) is 0 Å². The van der Waals surface area contributed by atoms with Gasteiger partial charge in [0.1, 0.15) is 11.5 Å². The molecule has 1 aromatic heterocycles. The number of ketones is 1. The number of aryl methyl sites for hydroxylation is 1. The minimum atomic E-state index is -0.595. The van der Waals surface area contributed by atoms with Crippen molar-refractivity contribution in [2.24, 2.45) is 0 Å². The first-order valence-electron chi connectivity index (χ1n) is 5.26. The van der Waals surface area contributed by atoms with E-state index in [0.29, 0.717) is 6.54 Å². The lowest BCUT2D eigenvalue weighted by Crippen LogP contribution is -2.12. The van der Waals surface area contributed by atoms with Crippen LogP contribution in [0.15, 0.2) is 28.9 Å². The molecule has 0 fully saturated rings. The highest BCUT2D eigenvalue weighted by Crippen LogP contribution is 2.24. The SMILES string of the molecule is CCn1ncc(Cl)c1C(=O)c1cccc(Br)c1F. The fraction of sp³-hybridized carbons (Fsp3) is 0.167. The molecule has 0 aliphatic heterocycles. The van der Waals surface area contributed by atoms with E-state index >= 15 is 0 Å². The third-order valence-corrected chi connectivity index (χ3v) is 3.39. The van der Waals surface area contributed by atoms with Crippen LogP contribution in [-0.4, -0.2) is 15.6 Å². The molecule has 0 spiro atoms. The van der Waals surface area contributed by atoms with Crippen molar-refractivity contribution < 1.29 is 9.18 Å². The van der Waals surface area contributed by atoms with E-state index in [9.17, 15) is 9.18 Å². The number of halogens is 3. The third kappa shape index (κ3) is 2.20. The van der Waals surface area contributed by atoms with Crippen molar-refractivity contribution in [1.29, 1.82) is 0 Å². The highest BCUT2D eigenvalue weighted by Gasteiger charge is 2.22. The smallest absolute Gasteiger partial charge is 0.215 e. The van der Waals surface area contributed by atoms with Gasteiger partial charge in [-0.2, -0.15) is 5.10 Å². The number of carbonyl (C=O) groups is 1. The maximum Gasteiger partial charge on any atom is 0.215 e. The van der Waals surface area contributed by atoms with Crippen LogP contribution in [0.2, 0.25) is 5.02 Å². The molecule has 0 aliphatic rings. The second kappa shape index (κ2) is 5.20. The highest BCUT2D eigenvalue weighted by molar-refractivity contribution is 9.10. The van der Waals surface area contributed by atoms with Gasteiger partial charge in [0, 0.05) is 6.54 Å². The minimum Gasteiger partial charge on any atom is -0.287 e. The topological polar surface area (TPSA) is 34.9 Å². The number of carbonyl (C=O) groups excluding carboxylic acids is 1. The molecule has 0 saturated carbocycles. The monoisotopic (exact) mass is 330 g/mol. The van der Waals surface area contributed by atoms with Gasteiger partial charge in [-0.15, -0.1) is 0 Å². The molecule has 0 saturated heterocycles. The van der Waals surface area contributed by atoms with Crippen LogP contribution in [0.25, 0.3) is 0 Å². The molecule has 0 atom stereocenters. The molecule has 2 rings (SSSR count). The Bertz CT molecular complexity index is 612. The van der Waals surface area contributed by atoms with E-state index in [1.807, 2.05) is 6.92 Å². The molecule has 0 unspecified atom stereocenters. The lowest BCUT2D eigenvalue weighted by molar-refractivity contribution is 0.102. The lowest BCUT2D eigenvalue weighted by atomic mass is 10.1. The van der Waals surface area contributed by atoms with Crippen molar-refractivity contribution >= 4 is 33.3 Å². The van der Waals surface area contributed by atoms with Crippen LogP contribution in [0.1, 0.15) is 23.0 Å². The van der Waals surface area contributed by atoms with E-state index in [-0.39, 0.29) is 20.8 Å². The zero-order chi connectivity index (χ0) is 13.3. The molecule has 0 N–H and O–H groups in total. The number of rotatable bonds is 3. The molecular formula is C12H9BrClFN2O. The van der Waals surface area contributed by atoms with Crippen LogP contribution in [0.4, 0.5) is 4.39 Å². The summed E-state index contributed by atoms with van der Waals surface area (Å²) in [7, 11) is 0. The Morgan fingerprint density at radius 3 is 2.94 bits per heavy atom. The zero-order valence-electron chi connectivity index (χ0n) is 9.45. The predicted octanol–water partition coefficient (Wildman–Crippen LogP) is 3.69. The van der Waals surface area contributed by atoms with E-state index in [1.165, 1.54) is 23.0 Å². The molecule has 18 heavy (non-hydrogen) atoms.